The van der Waals surface area contributed by atoms with Crippen molar-refractivity contribution in [1.82, 2.24) is 4.98 Å². The molecule has 3 aromatic rings. The minimum absolute atomic E-state index is 0.122. The second kappa shape index (κ2) is 7.05. The average Bonchev–Trinajstić information content (AvgIpc) is 3.06. The molecule has 26 heavy (non-hydrogen) atoms. The fourth-order valence-corrected chi connectivity index (χ4v) is 3.33. The molecule has 2 aromatic carbocycles. The van der Waals surface area contributed by atoms with Crippen molar-refractivity contribution in [3.8, 4) is 11.3 Å². The first-order valence-corrected chi connectivity index (χ1v) is 8.82. The Labute approximate surface area is 154 Å². The number of carbonyl (C=O) groups is 1. The van der Waals surface area contributed by atoms with E-state index in [9.17, 15) is 14.9 Å². The molecule has 0 unspecified atom stereocenters. The van der Waals surface area contributed by atoms with E-state index in [4.69, 9.17) is 0 Å². The number of non-ortho nitro benzene ring substituents is 1. The van der Waals surface area contributed by atoms with Crippen LogP contribution in [0.1, 0.15) is 27.0 Å². The van der Waals surface area contributed by atoms with E-state index in [2.05, 4.69) is 36.3 Å². The van der Waals surface area contributed by atoms with E-state index in [-0.39, 0.29) is 11.3 Å². The topological polar surface area (TPSA) is 85.1 Å². The molecular formula is C19H17N3O3S. The van der Waals surface area contributed by atoms with Crippen LogP contribution in [-0.2, 0) is 0 Å². The zero-order valence-electron chi connectivity index (χ0n) is 14.6. The van der Waals surface area contributed by atoms with E-state index in [0.717, 1.165) is 16.8 Å². The molecule has 1 amide bonds. The lowest BCUT2D eigenvalue weighted by Crippen LogP contribution is -2.11. The van der Waals surface area contributed by atoms with Crippen LogP contribution in [0, 0.1) is 30.9 Å². The van der Waals surface area contributed by atoms with Gasteiger partial charge in [0.2, 0.25) is 0 Å². The number of hydrogen-bond acceptors (Lipinski definition) is 5. The van der Waals surface area contributed by atoms with Gasteiger partial charge in [-0.2, -0.15) is 0 Å². The monoisotopic (exact) mass is 367 g/mol. The van der Waals surface area contributed by atoms with Gasteiger partial charge < -0.3 is 0 Å². The molecule has 0 atom stereocenters. The lowest BCUT2D eigenvalue weighted by atomic mass is 9.99. The number of aromatic nitrogens is 1. The molecule has 0 aliphatic rings. The first-order valence-electron chi connectivity index (χ1n) is 7.94. The van der Waals surface area contributed by atoms with Gasteiger partial charge in [0.1, 0.15) is 0 Å². The van der Waals surface area contributed by atoms with Gasteiger partial charge in [0.15, 0.2) is 5.13 Å². The summed E-state index contributed by atoms with van der Waals surface area (Å²) < 4.78 is 0. The molecule has 1 aromatic heterocycles. The third-order valence-electron chi connectivity index (χ3n) is 4.16. The fraction of sp³-hybridized carbons (Fsp3) is 0.158. The number of hydrogen-bond donors (Lipinski definition) is 1. The molecule has 1 heterocycles. The summed E-state index contributed by atoms with van der Waals surface area (Å²) >= 11 is 1.32. The maximum Gasteiger partial charge on any atom is 0.270 e. The number of rotatable bonds is 4. The number of amides is 1. The number of nitrogens with one attached hydrogen (secondary N) is 1. The second-order valence-corrected chi connectivity index (χ2v) is 6.91. The van der Waals surface area contributed by atoms with Gasteiger partial charge in [-0.3, -0.25) is 20.2 Å². The van der Waals surface area contributed by atoms with Crippen molar-refractivity contribution < 1.29 is 9.72 Å². The fourth-order valence-electron chi connectivity index (χ4n) is 2.62. The molecule has 0 radical (unpaired) electrons. The van der Waals surface area contributed by atoms with Gasteiger partial charge in [-0.15, -0.1) is 11.3 Å². The number of anilines is 1. The maximum atomic E-state index is 12.3. The van der Waals surface area contributed by atoms with Crippen molar-refractivity contribution in [3.63, 3.8) is 0 Å². The van der Waals surface area contributed by atoms with E-state index in [0.29, 0.717) is 5.13 Å². The molecule has 0 bridgehead atoms. The maximum absolute atomic E-state index is 12.3. The van der Waals surface area contributed by atoms with Crippen LogP contribution in [0.15, 0.2) is 41.8 Å². The Morgan fingerprint density at radius 2 is 1.85 bits per heavy atom. The summed E-state index contributed by atoms with van der Waals surface area (Å²) in [6.07, 6.45) is 0. The van der Waals surface area contributed by atoms with Crippen molar-refractivity contribution in [3.05, 3.63) is 74.1 Å². The summed E-state index contributed by atoms with van der Waals surface area (Å²) in [4.78, 5) is 27.1. The van der Waals surface area contributed by atoms with Gasteiger partial charge in [0, 0.05) is 28.6 Å². The normalized spacial score (nSPS) is 10.6. The van der Waals surface area contributed by atoms with Gasteiger partial charge in [0.25, 0.3) is 11.6 Å². The Morgan fingerprint density at radius 1 is 1.12 bits per heavy atom. The summed E-state index contributed by atoms with van der Waals surface area (Å²) in [5.74, 6) is -0.425. The van der Waals surface area contributed by atoms with Crippen molar-refractivity contribution in [1.29, 1.82) is 0 Å². The highest BCUT2D eigenvalue weighted by molar-refractivity contribution is 7.14. The highest BCUT2D eigenvalue weighted by atomic mass is 32.1. The number of thiazole rings is 1. The zero-order valence-corrected chi connectivity index (χ0v) is 15.4. The van der Waals surface area contributed by atoms with Crippen LogP contribution >= 0.6 is 11.3 Å². The minimum atomic E-state index is -0.527. The SMILES string of the molecule is Cc1cc(C)c(-c2csc(NC(=O)c3cccc([N+](=O)[O-])c3)n2)cc1C. The van der Waals surface area contributed by atoms with E-state index in [1.54, 1.807) is 0 Å². The highest BCUT2D eigenvalue weighted by Gasteiger charge is 2.14. The summed E-state index contributed by atoms with van der Waals surface area (Å²) in [7, 11) is 0. The number of nitro groups is 1. The third-order valence-corrected chi connectivity index (χ3v) is 4.92. The number of nitro benzene ring substituents is 1. The van der Waals surface area contributed by atoms with E-state index in [1.807, 2.05) is 12.3 Å². The van der Waals surface area contributed by atoms with Crippen molar-refractivity contribution >= 4 is 28.1 Å². The molecule has 0 saturated heterocycles. The lowest BCUT2D eigenvalue weighted by Gasteiger charge is -2.07. The van der Waals surface area contributed by atoms with E-state index >= 15 is 0 Å². The molecule has 0 aliphatic carbocycles. The van der Waals surface area contributed by atoms with Crippen LogP contribution in [0.4, 0.5) is 10.8 Å². The zero-order chi connectivity index (χ0) is 18.8. The summed E-state index contributed by atoms with van der Waals surface area (Å²) in [5, 5.41) is 15.9. The molecule has 6 nitrogen and oxygen atoms in total. The quantitative estimate of drug-likeness (QED) is 0.525. The molecule has 7 heteroatoms. The molecule has 0 aliphatic heterocycles. The van der Waals surface area contributed by atoms with Crippen LogP contribution in [-0.4, -0.2) is 15.8 Å². The molecule has 132 valence electrons. The van der Waals surface area contributed by atoms with Crippen molar-refractivity contribution in [2.24, 2.45) is 0 Å². The Balaban J connectivity index is 1.83. The molecule has 1 N–H and O–H groups in total. The van der Waals surface area contributed by atoms with Crippen LogP contribution in [0.2, 0.25) is 0 Å². The number of benzene rings is 2. The average molecular weight is 367 g/mol. The Bertz CT molecular complexity index is 1010. The van der Waals surface area contributed by atoms with Gasteiger partial charge in [-0.25, -0.2) is 4.98 Å². The molecular weight excluding hydrogens is 350 g/mol. The number of carbonyl (C=O) groups excluding carboxylic acids is 1. The van der Waals surface area contributed by atoms with Crippen molar-refractivity contribution in [2.75, 3.05) is 5.32 Å². The highest BCUT2D eigenvalue weighted by Crippen LogP contribution is 2.29. The predicted molar refractivity (Wildman–Crippen MR) is 103 cm³/mol. The van der Waals surface area contributed by atoms with Crippen LogP contribution in [0.3, 0.4) is 0 Å². The first-order chi connectivity index (χ1) is 12.3. The van der Waals surface area contributed by atoms with E-state index in [1.165, 1.54) is 46.7 Å². The first kappa shape index (κ1) is 17.8. The molecule has 0 fully saturated rings. The number of aryl methyl sites for hydroxylation is 3. The molecule has 3 rings (SSSR count). The van der Waals surface area contributed by atoms with Crippen LogP contribution in [0.25, 0.3) is 11.3 Å². The molecule has 0 saturated carbocycles. The van der Waals surface area contributed by atoms with Crippen molar-refractivity contribution in [2.45, 2.75) is 20.8 Å². The van der Waals surface area contributed by atoms with Gasteiger partial charge in [-0.1, -0.05) is 12.1 Å². The van der Waals surface area contributed by atoms with E-state index < -0.39 is 10.8 Å². The number of nitrogens with zero attached hydrogens (tertiary/aromatic N) is 2. The van der Waals surface area contributed by atoms with Crippen LogP contribution in [0.5, 0.6) is 0 Å². The molecule has 0 spiro atoms. The second-order valence-electron chi connectivity index (χ2n) is 6.05. The minimum Gasteiger partial charge on any atom is -0.298 e. The summed E-state index contributed by atoms with van der Waals surface area (Å²) in [6, 6.07) is 9.82. The lowest BCUT2D eigenvalue weighted by molar-refractivity contribution is -0.384. The smallest absolute Gasteiger partial charge is 0.270 e. The Hall–Kier alpha value is -3.06. The standard InChI is InChI=1S/C19H17N3O3S/c1-11-7-13(3)16(8-12(11)2)17-10-26-19(20-17)21-18(23)14-5-4-6-15(9-14)22(24)25/h4-10H,1-3H3,(H,20,21,23). The summed E-state index contributed by atoms with van der Waals surface area (Å²) in [5.41, 5.74) is 5.45. The van der Waals surface area contributed by atoms with Crippen LogP contribution < -0.4 is 5.32 Å². The largest absolute Gasteiger partial charge is 0.298 e. The van der Waals surface area contributed by atoms with Gasteiger partial charge in [0.05, 0.1) is 10.6 Å². The Kier molecular flexibility index (Phi) is 4.81. The Morgan fingerprint density at radius 3 is 2.58 bits per heavy atom. The van der Waals surface area contributed by atoms with Gasteiger partial charge >= 0.3 is 0 Å². The summed E-state index contributed by atoms with van der Waals surface area (Å²) in [6.45, 7) is 6.15. The predicted octanol–water partition coefficient (Wildman–Crippen LogP) is 4.90. The third kappa shape index (κ3) is 3.62. The van der Waals surface area contributed by atoms with Gasteiger partial charge in [-0.05, 0) is 49.6 Å².